The number of nitrogens with one attached hydrogen (secondary N) is 1. The maximum absolute atomic E-state index is 12.3. The molecular formula is C15H20N2O3. The molecule has 0 spiro atoms. The third kappa shape index (κ3) is 3.29. The highest BCUT2D eigenvalue weighted by Gasteiger charge is 2.31. The van der Waals surface area contributed by atoms with E-state index in [1.54, 1.807) is 0 Å². The van der Waals surface area contributed by atoms with Crippen molar-refractivity contribution in [3.8, 4) is 0 Å². The number of carbonyl (C=O) groups excluding carboxylic acids is 1. The molecule has 1 saturated heterocycles. The van der Waals surface area contributed by atoms with Gasteiger partial charge in [0, 0.05) is 12.2 Å². The van der Waals surface area contributed by atoms with Crippen LogP contribution >= 0.6 is 0 Å². The van der Waals surface area contributed by atoms with Crippen molar-refractivity contribution in [2.75, 3.05) is 11.9 Å². The fourth-order valence-electron chi connectivity index (χ4n) is 2.67. The maximum Gasteiger partial charge on any atom is 0.326 e. The van der Waals surface area contributed by atoms with Gasteiger partial charge in [-0.2, -0.15) is 0 Å². The van der Waals surface area contributed by atoms with Gasteiger partial charge in [-0.1, -0.05) is 6.07 Å². The van der Waals surface area contributed by atoms with Gasteiger partial charge in [-0.05, 0) is 56.4 Å². The SMILES string of the molecule is Cc1cc(C)cc(NC(=O)N2CCCCC2C(=O)O)c1. The molecule has 0 bridgehead atoms. The summed E-state index contributed by atoms with van der Waals surface area (Å²) in [5, 5.41) is 12.0. The van der Waals surface area contributed by atoms with E-state index in [4.69, 9.17) is 0 Å². The lowest BCUT2D eigenvalue weighted by Crippen LogP contribution is -2.49. The van der Waals surface area contributed by atoms with Crippen LogP contribution in [0.4, 0.5) is 10.5 Å². The number of anilines is 1. The molecule has 0 saturated carbocycles. The average Bonchev–Trinajstić information content (AvgIpc) is 2.37. The molecule has 1 unspecified atom stereocenters. The summed E-state index contributed by atoms with van der Waals surface area (Å²) in [6, 6.07) is 4.74. The molecule has 1 aromatic carbocycles. The zero-order valence-corrected chi connectivity index (χ0v) is 11.8. The van der Waals surface area contributed by atoms with Gasteiger partial charge in [0.2, 0.25) is 0 Å². The molecule has 20 heavy (non-hydrogen) atoms. The maximum atomic E-state index is 12.3. The number of carboxylic acids is 1. The van der Waals surface area contributed by atoms with E-state index < -0.39 is 12.0 Å². The first-order valence-corrected chi connectivity index (χ1v) is 6.86. The second-order valence-electron chi connectivity index (χ2n) is 5.35. The minimum atomic E-state index is -0.930. The van der Waals surface area contributed by atoms with Crippen LogP contribution in [0.5, 0.6) is 0 Å². The van der Waals surface area contributed by atoms with Gasteiger partial charge in [0.25, 0.3) is 0 Å². The number of aryl methyl sites for hydroxylation is 2. The first-order chi connectivity index (χ1) is 9.47. The topological polar surface area (TPSA) is 69.6 Å². The first kappa shape index (κ1) is 14.4. The van der Waals surface area contributed by atoms with E-state index in [1.807, 2.05) is 32.0 Å². The summed E-state index contributed by atoms with van der Waals surface area (Å²) in [5.74, 6) is -0.930. The molecule has 1 fully saturated rings. The van der Waals surface area contributed by atoms with Crippen molar-refractivity contribution in [3.05, 3.63) is 29.3 Å². The van der Waals surface area contributed by atoms with Crippen LogP contribution in [0.25, 0.3) is 0 Å². The number of benzene rings is 1. The Bertz CT molecular complexity index is 508. The summed E-state index contributed by atoms with van der Waals surface area (Å²) in [4.78, 5) is 24.9. The number of amides is 2. The van der Waals surface area contributed by atoms with Crippen LogP contribution in [0.1, 0.15) is 30.4 Å². The third-order valence-electron chi connectivity index (χ3n) is 3.52. The second kappa shape index (κ2) is 5.94. The van der Waals surface area contributed by atoms with Crippen molar-refractivity contribution in [2.45, 2.75) is 39.2 Å². The lowest BCUT2D eigenvalue weighted by Gasteiger charge is -2.32. The van der Waals surface area contributed by atoms with Crippen LogP contribution in [0.3, 0.4) is 0 Å². The molecule has 1 aromatic rings. The minimum Gasteiger partial charge on any atom is -0.480 e. The van der Waals surface area contributed by atoms with Crippen LogP contribution in [-0.4, -0.2) is 34.6 Å². The molecule has 1 heterocycles. The molecule has 0 aromatic heterocycles. The summed E-state index contributed by atoms with van der Waals surface area (Å²) in [6.07, 6.45) is 2.23. The number of piperidine rings is 1. The standard InChI is InChI=1S/C15H20N2O3/c1-10-7-11(2)9-12(8-10)16-15(20)17-6-4-3-5-13(17)14(18)19/h7-9,13H,3-6H2,1-2H3,(H,16,20)(H,18,19). The Morgan fingerprint density at radius 2 is 1.85 bits per heavy atom. The van der Waals surface area contributed by atoms with E-state index >= 15 is 0 Å². The van der Waals surface area contributed by atoms with E-state index in [9.17, 15) is 14.7 Å². The smallest absolute Gasteiger partial charge is 0.326 e. The average molecular weight is 276 g/mol. The third-order valence-corrected chi connectivity index (χ3v) is 3.52. The van der Waals surface area contributed by atoms with Crippen LogP contribution in [0, 0.1) is 13.8 Å². The molecular weight excluding hydrogens is 256 g/mol. The fourth-order valence-corrected chi connectivity index (χ4v) is 2.67. The van der Waals surface area contributed by atoms with E-state index in [1.165, 1.54) is 4.90 Å². The summed E-state index contributed by atoms with van der Waals surface area (Å²) in [6.45, 7) is 4.42. The van der Waals surface area contributed by atoms with Crippen molar-refractivity contribution in [1.29, 1.82) is 0 Å². The number of urea groups is 1. The normalized spacial score (nSPS) is 18.7. The Labute approximate surface area is 118 Å². The highest BCUT2D eigenvalue weighted by molar-refractivity contribution is 5.92. The minimum absolute atomic E-state index is 0.331. The summed E-state index contributed by atoms with van der Waals surface area (Å²) >= 11 is 0. The number of aliphatic carboxylic acids is 1. The monoisotopic (exact) mass is 276 g/mol. The fraction of sp³-hybridized carbons (Fsp3) is 0.467. The van der Waals surface area contributed by atoms with E-state index in [0.29, 0.717) is 18.7 Å². The van der Waals surface area contributed by atoms with Crippen LogP contribution < -0.4 is 5.32 Å². The van der Waals surface area contributed by atoms with Crippen LogP contribution in [0.15, 0.2) is 18.2 Å². The summed E-state index contributed by atoms with van der Waals surface area (Å²) in [5.41, 5.74) is 2.84. The molecule has 0 aliphatic carbocycles. The van der Waals surface area contributed by atoms with E-state index in [2.05, 4.69) is 5.32 Å². The number of likely N-dealkylation sites (tertiary alicyclic amines) is 1. The molecule has 0 radical (unpaired) electrons. The van der Waals surface area contributed by atoms with Crippen LogP contribution in [-0.2, 0) is 4.79 Å². The Hall–Kier alpha value is -2.04. The number of nitrogens with zero attached hydrogens (tertiary/aromatic N) is 1. The van der Waals surface area contributed by atoms with Crippen molar-refractivity contribution in [2.24, 2.45) is 0 Å². The molecule has 2 rings (SSSR count). The van der Waals surface area contributed by atoms with Crippen LogP contribution in [0.2, 0.25) is 0 Å². The van der Waals surface area contributed by atoms with Crippen molar-refractivity contribution >= 4 is 17.7 Å². The quantitative estimate of drug-likeness (QED) is 0.872. The second-order valence-corrected chi connectivity index (χ2v) is 5.35. The predicted molar refractivity (Wildman–Crippen MR) is 76.9 cm³/mol. The summed E-state index contributed by atoms with van der Waals surface area (Å²) in [7, 11) is 0. The zero-order chi connectivity index (χ0) is 14.7. The highest BCUT2D eigenvalue weighted by atomic mass is 16.4. The molecule has 1 aliphatic heterocycles. The van der Waals surface area contributed by atoms with Crippen molar-refractivity contribution in [3.63, 3.8) is 0 Å². The van der Waals surface area contributed by atoms with Crippen molar-refractivity contribution < 1.29 is 14.7 Å². The molecule has 5 nitrogen and oxygen atoms in total. The van der Waals surface area contributed by atoms with Gasteiger partial charge in [0.05, 0.1) is 0 Å². The molecule has 1 atom stereocenters. The molecule has 5 heteroatoms. The van der Waals surface area contributed by atoms with Gasteiger partial charge < -0.3 is 15.3 Å². The van der Waals surface area contributed by atoms with Gasteiger partial charge in [0.15, 0.2) is 0 Å². The highest BCUT2D eigenvalue weighted by Crippen LogP contribution is 2.20. The zero-order valence-electron chi connectivity index (χ0n) is 11.8. The number of hydrogen-bond donors (Lipinski definition) is 2. The van der Waals surface area contributed by atoms with Gasteiger partial charge in [-0.25, -0.2) is 9.59 Å². The number of hydrogen-bond acceptors (Lipinski definition) is 2. The lowest BCUT2D eigenvalue weighted by molar-refractivity contribution is -0.143. The first-order valence-electron chi connectivity index (χ1n) is 6.86. The Morgan fingerprint density at radius 3 is 2.45 bits per heavy atom. The number of rotatable bonds is 2. The largest absolute Gasteiger partial charge is 0.480 e. The van der Waals surface area contributed by atoms with E-state index in [0.717, 1.165) is 24.0 Å². The molecule has 2 amide bonds. The lowest BCUT2D eigenvalue weighted by atomic mass is 10.0. The Kier molecular flexibility index (Phi) is 4.27. The van der Waals surface area contributed by atoms with Gasteiger partial charge in [-0.3, -0.25) is 0 Å². The van der Waals surface area contributed by atoms with Gasteiger partial charge >= 0.3 is 12.0 Å². The van der Waals surface area contributed by atoms with Gasteiger partial charge in [-0.15, -0.1) is 0 Å². The van der Waals surface area contributed by atoms with Gasteiger partial charge in [0.1, 0.15) is 6.04 Å². The van der Waals surface area contributed by atoms with E-state index in [-0.39, 0.29) is 6.03 Å². The molecule has 108 valence electrons. The summed E-state index contributed by atoms with van der Waals surface area (Å²) < 4.78 is 0. The Balaban J connectivity index is 2.11. The van der Waals surface area contributed by atoms with Crippen molar-refractivity contribution in [1.82, 2.24) is 4.90 Å². The number of carboxylic acid groups (broad SMARTS) is 1. The predicted octanol–water partition coefficient (Wildman–Crippen LogP) is 2.77. The number of carbonyl (C=O) groups is 2. The Morgan fingerprint density at radius 1 is 1.20 bits per heavy atom. The molecule has 1 aliphatic rings. The molecule has 2 N–H and O–H groups in total.